The summed E-state index contributed by atoms with van der Waals surface area (Å²) in [6.07, 6.45) is 3.97. The van der Waals surface area contributed by atoms with Crippen LogP contribution in [-0.4, -0.2) is 52.9 Å². The van der Waals surface area contributed by atoms with Crippen LogP contribution in [0.15, 0.2) is 48.1 Å². The van der Waals surface area contributed by atoms with Crippen molar-refractivity contribution in [1.29, 1.82) is 0 Å². The van der Waals surface area contributed by atoms with Crippen LogP contribution >= 0.6 is 11.3 Å². The number of aromatic nitrogens is 2. The molecule has 0 fully saturated rings. The quantitative estimate of drug-likeness (QED) is 0.430. The summed E-state index contributed by atoms with van der Waals surface area (Å²) in [7, 11) is 1.57. The van der Waals surface area contributed by atoms with Crippen LogP contribution < -0.4 is 5.32 Å². The minimum absolute atomic E-state index is 0.253. The zero-order valence-electron chi connectivity index (χ0n) is 16.8. The van der Waals surface area contributed by atoms with Gasteiger partial charge in [0.15, 0.2) is 0 Å². The van der Waals surface area contributed by atoms with E-state index in [1.54, 1.807) is 25.6 Å². The molecule has 0 saturated heterocycles. The average molecular weight is 436 g/mol. The zero-order valence-corrected chi connectivity index (χ0v) is 17.6. The summed E-state index contributed by atoms with van der Waals surface area (Å²) < 4.78 is 4.98. The number of rotatable bonds is 8. The Kier molecular flexibility index (Phi) is 6.15. The van der Waals surface area contributed by atoms with E-state index in [0.29, 0.717) is 24.2 Å². The number of hydrogen-bond acceptors (Lipinski definition) is 7. The lowest BCUT2D eigenvalue weighted by Crippen LogP contribution is -2.31. The molecule has 0 aliphatic carbocycles. The molecule has 3 heterocycles. The van der Waals surface area contributed by atoms with Crippen LogP contribution in [0.4, 0.5) is 0 Å². The zero-order chi connectivity index (χ0) is 21.8. The molecule has 1 N–H and O–H groups in total. The van der Waals surface area contributed by atoms with Gasteiger partial charge >= 0.3 is 0 Å². The third-order valence-corrected chi connectivity index (χ3v) is 5.81. The fourth-order valence-electron chi connectivity index (χ4n) is 3.29. The number of pyridine rings is 1. The predicted octanol–water partition coefficient (Wildman–Crippen LogP) is 2.77. The second-order valence-corrected chi connectivity index (χ2v) is 7.79. The maximum Gasteiger partial charge on any atom is 0.261 e. The lowest BCUT2D eigenvalue weighted by molar-refractivity contribution is 0.0638. The van der Waals surface area contributed by atoms with Gasteiger partial charge in [0, 0.05) is 49.2 Å². The van der Waals surface area contributed by atoms with Gasteiger partial charge in [0.2, 0.25) is 0 Å². The Balaban J connectivity index is 1.41. The van der Waals surface area contributed by atoms with Crippen molar-refractivity contribution in [3.05, 3.63) is 70.5 Å². The monoisotopic (exact) mass is 436 g/mol. The Bertz CT molecular complexity index is 1130. The van der Waals surface area contributed by atoms with Crippen LogP contribution in [0.3, 0.4) is 0 Å². The molecule has 2 aromatic heterocycles. The number of hydrogen-bond donors (Lipinski definition) is 1. The van der Waals surface area contributed by atoms with Gasteiger partial charge in [-0.3, -0.25) is 24.3 Å². The molecule has 0 saturated carbocycles. The minimum Gasteiger partial charge on any atom is -0.385 e. The van der Waals surface area contributed by atoms with Crippen LogP contribution in [-0.2, 0) is 11.3 Å². The third-order valence-electron chi connectivity index (χ3n) is 4.87. The normalized spacial score (nSPS) is 12.9. The van der Waals surface area contributed by atoms with Crippen molar-refractivity contribution < 1.29 is 19.1 Å². The van der Waals surface area contributed by atoms with Gasteiger partial charge in [0.1, 0.15) is 5.01 Å². The van der Waals surface area contributed by atoms with E-state index in [0.717, 1.165) is 16.3 Å². The molecule has 0 spiro atoms. The van der Waals surface area contributed by atoms with Gasteiger partial charge < -0.3 is 10.1 Å². The fourth-order valence-corrected chi connectivity index (χ4v) is 4.12. The van der Waals surface area contributed by atoms with Crippen molar-refractivity contribution in [2.24, 2.45) is 0 Å². The van der Waals surface area contributed by atoms with E-state index in [1.807, 2.05) is 17.5 Å². The average Bonchev–Trinajstić information content (AvgIpc) is 3.37. The maximum absolute atomic E-state index is 12.6. The largest absolute Gasteiger partial charge is 0.385 e. The number of nitrogens with one attached hydrogen (secondary N) is 1. The maximum atomic E-state index is 12.6. The van der Waals surface area contributed by atoms with E-state index in [9.17, 15) is 14.4 Å². The molecule has 9 heteroatoms. The number of carbonyl (C=O) groups is 3. The Morgan fingerprint density at radius 2 is 1.90 bits per heavy atom. The van der Waals surface area contributed by atoms with Crippen LogP contribution in [0.25, 0.3) is 10.6 Å². The van der Waals surface area contributed by atoms with Crippen LogP contribution in [0, 0.1) is 0 Å². The van der Waals surface area contributed by atoms with Gasteiger partial charge in [0.05, 0.1) is 23.4 Å². The molecule has 1 aromatic carbocycles. The number of thiazole rings is 1. The molecule has 1 aliphatic heterocycles. The predicted molar refractivity (Wildman–Crippen MR) is 115 cm³/mol. The summed E-state index contributed by atoms with van der Waals surface area (Å²) in [5, 5.41) is 5.55. The summed E-state index contributed by atoms with van der Waals surface area (Å²) in [5.41, 5.74) is 2.60. The van der Waals surface area contributed by atoms with Crippen LogP contribution in [0.2, 0.25) is 0 Å². The Morgan fingerprint density at radius 3 is 2.68 bits per heavy atom. The molecular formula is C22H20N4O4S. The number of carbonyl (C=O) groups excluding carboxylic acids is 3. The minimum atomic E-state index is -0.382. The van der Waals surface area contributed by atoms with Gasteiger partial charge in [-0.25, -0.2) is 4.98 Å². The van der Waals surface area contributed by atoms with Crippen molar-refractivity contribution in [2.75, 3.05) is 20.3 Å². The topological polar surface area (TPSA) is 101 Å². The number of amides is 3. The number of ether oxygens (including phenoxy) is 1. The molecule has 1 aliphatic rings. The molecule has 8 nitrogen and oxygen atoms in total. The lowest BCUT2D eigenvalue weighted by Gasteiger charge is -2.12. The van der Waals surface area contributed by atoms with Crippen molar-refractivity contribution in [2.45, 2.75) is 13.0 Å². The Hall–Kier alpha value is -3.43. The summed E-state index contributed by atoms with van der Waals surface area (Å²) in [6.45, 7) is 0.999. The molecule has 0 atom stereocenters. The first-order chi connectivity index (χ1) is 15.1. The van der Waals surface area contributed by atoms with E-state index in [2.05, 4.69) is 15.3 Å². The van der Waals surface area contributed by atoms with Crippen LogP contribution in [0.1, 0.15) is 43.2 Å². The van der Waals surface area contributed by atoms with Gasteiger partial charge in [-0.1, -0.05) is 0 Å². The molecule has 3 aromatic rings. The van der Waals surface area contributed by atoms with E-state index < -0.39 is 0 Å². The number of methoxy groups -OCH3 is 1. The summed E-state index contributed by atoms with van der Waals surface area (Å²) >= 11 is 1.49. The summed E-state index contributed by atoms with van der Waals surface area (Å²) in [6, 6.07) is 8.32. The molecule has 31 heavy (non-hydrogen) atoms. The smallest absolute Gasteiger partial charge is 0.261 e. The molecular weight excluding hydrogens is 416 g/mol. The van der Waals surface area contributed by atoms with Crippen molar-refractivity contribution in [3.8, 4) is 10.6 Å². The van der Waals surface area contributed by atoms with Gasteiger partial charge in [-0.15, -0.1) is 11.3 Å². The fraction of sp³-hybridized carbons (Fsp3) is 0.227. The molecule has 158 valence electrons. The standard InChI is InChI=1S/C22H20N4O4S/c1-30-10-2-9-26-21(28)17-4-3-15(11-18(17)22(26)29)19(27)24-12-16-13-31-20(25-16)14-5-7-23-8-6-14/h3-8,11,13H,2,9-10,12H2,1H3,(H,24,27). The first-order valence-electron chi connectivity index (χ1n) is 9.70. The first-order valence-corrected chi connectivity index (χ1v) is 10.6. The molecule has 3 amide bonds. The summed E-state index contributed by atoms with van der Waals surface area (Å²) in [5.74, 6) is -1.05. The van der Waals surface area contributed by atoms with Crippen molar-refractivity contribution in [1.82, 2.24) is 20.2 Å². The van der Waals surface area contributed by atoms with E-state index in [1.165, 1.54) is 28.4 Å². The van der Waals surface area contributed by atoms with Gasteiger partial charge in [0.25, 0.3) is 17.7 Å². The summed E-state index contributed by atoms with van der Waals surface area (Å²) in [4.78, 5) is 47.4. The number of fused-ring (bicyclic) bond motifs is 1. The van der Waals surface area contributed by atoms with E-state index >= 15 is 0 Å². The first kappa shape index (κ1) is 20.8. The number of imide groups is 1. The lowest BCUT2D eigenvalue weighted by atomic mass is 10.1. The van der Waals surface area contributed by atoms with E-state index in [4.69, 9.17) is 4.74 Å². The molecule has 0 bridgehead atoms. The molecule has 0 unspecified atom stereocenters. The second kappa shape index (κ2) is 9.15. The molecule has 0 radical (unpaired) electrons. The number of nitrogens with zero attached hydrogens (tertiary/aromatic N) is 3. The van der Waals surface area contributed by atoms with E-state index in [-0.39, 0.29) is 36.4 Å². The van der Waals surface area contributed by atoms with Crippen LogP contribution in [0.5, 0.6) is 0 Å². The highest BCUT2D eigenvalue weighted by atomic mass is 32.1. The van der Waals surface area contributed by atoms with Gasteiger partial charge in [-0.2, -0.15) is 0 Å². The SMILES string of the molecule is COCCCN1C(=O)c2ccc(C(=O)NCc3csc(-c4ccncc4)n3)cc2C1=O. The third kappa shape index (κ3) is 4.37. The number of benzene rings is 1. The highest BCUT2D eigenvalue weighted by Gasteiger charge is 2.35. The molecule has 4 rings (SSSR count). The second-order valence-electron chi connectivity index (χ2n) is 6.93. The van der Waals surface area contributed by atoms with Crippen molar-refractivity contribution in [3.63, 3.8) is 0 Å². The highest BCUT2D eigenvalue weighted by molar-refractivity contribution is 7.13. The Labute approximate surface area is 182 Å². The van der Waals surface area contributed by atoms with Gasteiger partial charge in [-0.05, 0) is 36.8 Å². The highest BCUT2D eigenvalue weighted by Crippen LogP contribution is 2.25. The van der Waals surface area contributed by atoms with Crippen molar-refractivity contribution >= 4 is 29.1 Å². The Morgan fingerprint density at radius 1 is 1.13 bits per heavy atom.